The number of hydrogen-bond donors (Lipinski definition) is 1. The topological polar surface area (TPSA) is 92.9 Å². The number of furan rings is 1. The molecular weight excluding hydrogens is 536 g/mol. The molecule has 41 heavy (non-hydrogen) atoms. The summed E-state index contributed by atoms with van der Waals surface area (Å²) in [7, 11) is 1.53. The number of rotatable bonds is 5. The molecule has 5 aromatic rings. The van der Waals surface area contributed by atoms with Crippen LogP contribution < -0.4 is 9.64 Å². The molecule has 0 radical (unpaired) electrons. The lowest BCUT2D eigenvalue weighted by atomic mass is 9.85. The second-order valence-electron chi connectivity index (χ2n) is 11.5. The van der Waals surface area contributed by atoms with Crippen molar-refractivity contribution in [2.75, 3.05) is 12.0 Å². The van der Waals surface area contributed by atoms with Crippen molar-refractivity contribution in [1.29, 1.82) is 0 Å². The molecule has 0 fully saturated rings. The van der Waals surface area contributed by atoms with Gasteiger partial charge in [-0.15, -0.1) is 0 Å². The molecule has 1 N–H and O–H groups in total. The van der Waals surface area contributed by atoms with E-state index in [-0.39, 0.29) is 16.7 Å². The number of para-hydroxylation sites is 1. The van der Waals surface area contributed by atoms with Gasteiger partial charge in [-0.2, -0.15) is 0 Å². The molecule has 3 heterocycles. The first-order valence-corrected chi connectivity index (χ1v) is 14.2. The molecule has 0 spiro atoms. The summed E-state index contributed by atoms with van der Waals surface area (Å²) in [6.07, 6.45) is 0. The average Bonchev–Trinajstić information content (AvgIpc) is 3.62. The van der Waals surface area contributed by atoms with Crippen LogP contribution in [0.25, 0.3) is 21.2 Å². The first kappa shape index (κ1) is 26.8. The standard InChI is InChI=1S/C33H30N2O5S/c1-17-14-18(2)26-24(15-17)41-32(34-26)35-27(19-10-12-21(13-11-19)33(3,4)5)25(29(37)31(35)38)28(36)23-16-20-8-7-9-22(39-6)30(20)40-23/h7-16,27,37H,1-6H3. The number of anilines is 1. The number of nitrogens with zero attached hydrogens (tertiary/aromatic N) is 2. The van der Waals surface area contributed by atoms with Gasteiger partial charge in [0.2, 0.25) is 5.78 Å². The van der Waals surface area contributed by atoms with Gasteiger partial charge >= 0.3 is 0 Å². The van der Waals surface area contributed by atoms with Gasteiger partial charge in [0.05, 0.1) is 28.9 Å². The van der Waals surface area contributed by atoms with Gasteiger partial charge < -0.3 is 14.3 Å². The molecule has 208 valence electrons. The monoisotopic (exact) mass is 566 g/mol. The number of fused-ring (bicyclic) bond motifs is 2. The van der Waals surface area contributed by atoms with Crippen LogP contribution in [-0.4, -0.2) is 28.9 Å². The lowest BCUT2D eigenvalue weighted by molar-refractivity contribution is -0.117. The predicted molar refractivity (Wildman–Crippen MR) is 161 cm³/mol. The van der Waals surface area contributed by atoms with Gasteiger partial charge in [0.1, 0.15) is 0 Å². The van der Waals surface area contributed by atoms with Crippen LogP contribution in [0.4, 0.5) is 5.13 Å². The Hall–Kier alpha value is -4.43. The largest absolute Gasteiger partial charge is 0.503 e. The number of thiazole rings is 1. The first-order chi connectivity index (χ1) is 19.5. The fourth-order valence-electron chi connectivity index (χ4n) is 5.42. The van der Waals surface area contributed by atoms with Gasteiger partial charge in [-0.05, 0) is 59.7 Å². The Kier molecular flexibility index (Phi) is 6.26. The number of ketones is 1. The molecule has 1 aliphatic rings. The number of benzene rings is 3. The molecule has 1 atom stereocenters. The van der Waals surface area contributed by atoms with Gasteiger partial charge in [0, 0.05) is 5.39 Å². The number of aliphatic hydroxyl groups is 1. The van der Waals surface area contributed by atoms with E-state index in [2.05, 4.69) is 20.8 Å². The van der Waals surface area contributed by atoms with Gasteiger partial charge in [-0.25, -0.2) is 4.98 Å². The summed E-state index contributed by atoms with van der Waals surface area (Å²) >= 11 is 1.36. The van der Waals surface area contributed by atoms with Crippen LogP contribution in [0.5, 0.6) is 5.75 Å². The SMILES string of the molecule is COc1cccc2cc(C(=O)C3=C(O)C(=O)N(c4nc5c(C)cc(C)cc5s4)C3c3ccc(C(C)(C)C)cc3)oc12. The van der Waals surface area contributed by atoms with Gasteiger partial charge in [0.15, 0.2) is 28.0 Å². The van der Waals surface area contributed by atoms with Crippen LogP contribution in [0.3, 0.4) is 0 Å². The van der Waals surface area contributed by atoms with E-state index in [1.807, 2.05) is 56.3 Å². The van der Waals surface area contributed by atoms with Gasteiger partial charge in [0.25, 0.3) is 5.91 Å². The van der Waals surface area contributed by atoms with E-state index in [1.165, 1.54) is 23.3 Å². The molecule has 3 aromatic carbocycles. The average molecular weight is 567 g/mol. The summed E-state index contributed by atoms with van der Waals surface area (Å²) in [6, 6.07) is 17.9. The minimum absolute atomic E-state index is 0.00720. The number of carbonyl (C=O) groups is 2. The number of Topliss-reactive ketones (excluding diaryl/α,β-unsaturated/α-hetero) is 1. The smallest absolute Gasteiger partial charge is 0.296 e. The Labute approximate surface area is 241 Å². The van der Waals surface area contributed by atoms with Crippen LogP contribution in [0, 0.1) is 13.8 Å². The lowest BCUT2D eigenvalue weighted by Crippen LogP contribution is -2.31. The van der Waals surface area contributed by atoms with E-state index in [4.69, 9.17) is 14.1 Å². The third-order valence-electron chi connectivity index (χ3n) is 7.52. The quantitative estimate of drug-likeness (QED) is 0.219. The van der Waals surface area contributed by atoms with Crippen molar-refractivity contribution in [3.05, 3.63) is 100 Å². The van der Waals surface area contributed by atoms with E-state index < -0.39 is 23.5 Å². The lowest BCUT2D eigenvalue weighted by Gasteiger charge is -2.25. The maximum Gasteiger partial charge on any atom is 0.296 e. The van der Waals surface area contributed by atoms with Crippen molar-refractivity contribution >= 4 is 49.3 Å². The van der Waals surface area contributed by atoms with E-state index >= 15 is 0 Å². The number of carbonyl (C=O) groups excluding carboxylic acids is 2. The highest BCUT2D eigenvalue weighted by Gasteiger charge is 2.46. The molecule has 7 nitrogen and oxygen atoms in total. The second-order valence-corrected chi connectivity index (χ2v) is 12.5. The maximum absolute atomic E-state index is 14.1. The van der Waals surface area contributed by atoms with Crippen molar-refractivity contribution in [3.63, 3.8) is 0 Å². The Morgan fingerprint density at radius 1 is 1.07 bits per heavy atom. The third kappa shape index (κ3) is 4.39. The van der Waals surface area contributed by atoms with Crippen molar-refractivity contribution in [2.24, 2.45) is 0 Å². The zero-order valence-electron chi connectivity index (χ0n) is 23.7. The Morgan fingerprint density at radius 3 is 2.49 bits per heavy atom. The van der Waals surface area contributed by atoms with E-state index in [0.29, 0.717) is 27.4 Å². The summed E-state index contributed by atoms with van der Waals surface area (Å²) in [4.78, 5) is 34.1. The highest BCUT2D eigenvalue weighted by atomic mass is 32.1. The van der Waals surface area contributed by atoms with Crippen LogP contribution in [0.2, 0.25) is 0 Å². The summed E-state index contributed by atoms with van der Waals surface area (Å²) in [5.41, 5.74) is 4.93. The van der Waals surface area contributed by atoms with E-state index in [0.717, 1.165) is 26.9 Å². The number of aliphatic hydroxyl groups excluding tert-OH is 1. The Balaban J connectivity index is 1.52. The molecule has 0 aliphatic carbocycles. The van der Waals surface area contributed by atoms with E-state index in [9.17, 15) is 14.7 Å². The molecule has 2 aromatic heterocycles. The zero-order valence-corrected chi connectivity index (χ0v) is 24.6. The molecule has 1 unspecified atom stereocenters. The summed E-state index contributed by atoms with van der Waals surface area (Å²) in [5, 5.41) is 12.3. The zero-order chi connectivity index (χ0) is 29.2. The summed E-state index contributed by atoms with van der Waals surface area (Å²) in [6.45, 7) is 10.4. The number of aromatic nitrogens is 1. The molecule has 1 amide bonds. The van der Waals surface area contributed by atoms with Crippen LogP contribution >= 0.6 is 11.3 Å². The molecule has 0 bridgehead atoms. The van der Waals surface area contributed by atoms with E-state index in [1.54, 1.807) is 18.2 Å². The molecule has 0 saturated carbocycles. The molecular formula is C33H30N2O5S. The molecule has 1 aliphatic heterocycles. The Bertz CT molecular complexity index is 1890. The third-order valence-corrected chi connectivity index (χ3v) is 8.52. The molecule has 0 saturated heterocycles. The number of methoxy groups -OCH3 is 1. The number of hydrogen-bond acceptors (Lipinski definition) is 7. The summed E-state index contributed by atoms with van der Waals surface area (Å²) < 4.78 is 12.3. The highest BCUT2D eigenvalue weighted by molar-refractivity contribution is 7.22. The van der Waals surface area contributed by atoms with Gasteiger partial charge in [-0.1, -0.05) is 74.6 Å². The number of ether oxygens (including phenoxy) is 1. The fraction of sp³-hybridized carbons (Fsp3) is 0.242. The van der Waals surface area contributed by atoms with Crippen molar-refractivity contribution in [1.82, 2.24) is 4.98 Å². The minimum Gasteiger partial charge on any atom is -0.503 e. The normalized spacial score (nSPS) is 15.9. The minimum atomic E-state index is -0.902. The van der Waals surface area contributed by atoms with Gasteiger partial charge in [-0.3, -0.25) is 14.5 Å². The summed E-state index contributed by atoms with van der Waals surface area (Å²) in [5.74, 6) is -1.37. The van der Waals surface area contributed by atoms with Crippen LogP contribution in [0.15, 0.2) is 76.4 Å². The van der Waals surface area contributed by atoms with Crippen molar-refractivity contribution in [3.8, 4) is 5.75 Å². The van der Waals surface area contributed by atoms with Crippen LogP contribution in [0.1, 0.15) is 59.6 Å². The van der Waals surface area contributed by atoms with Crippen LogP contribution in [-0.2, 0) is 10.2 Å². The molecule has 6 rings (SSSR count). The predicted octanol–water partition coefficient (Wildman–Crippen LogP) is 7.75. The fourth-order valence-corrected chi connectivity index (χ4v) is 6.59. The highest BCUT2D eigenvalue weighted by Crippen LogP contribution is 2.45. The maximum atomic E-state index is 14.1. The second kappa shape index (κ2) is 9.59. The first-order valence-electron chi connectivity index (χ1n) is 13.3. The van der Waals surface area contributed by atoms with Crippen molar-refractivity contribution < 1.29 is 23.8 Å². The number of amides is 1. The molecule has 8 heteroatoms. The van der Waals surface area contributed by atoms with Crippen molar-refractivity contribution in [2.45, 2.75) is 46.1 Å². The number of aryl methyl sites for hydroxylation is 2. The Morgan fingerprint density at radius 2 is 1.80 bits per heavy atom.